The molecular weight excluding hydrogens is 344 g/mol. The Kier molecular flexibility index (Phi) is 5.09. The van der Waals surface area contributed by atoms with Gasteiger partial charge in [0.15, 0.2) is 11.5 Å². The third-order valence-corrected chi connectivity index (χ3v) is 4.00. The number of carbonyl (C=O) groups excluding carboxylic acids is 2. The second-order valence-corrected chi connectivity index (χ2v) is 5.93. The summed E-state index contributed by atoms with van der Waals surface area (Å²) in [6.07, 6.45) is 0. The highest BCUT2D eigenvalue weighted by Gasteiger charge is 2.23. The average molecular weight is 361 g/mol. The molecule has 0 radical (unpaired) electrons. The van der Waals surface area contributed by atoms with Crippen LogP contribution in [0, 0.1) is 0 Å². The Morgan fingerprint density at radius 2 is 1.88 bits per heavy atom. The summed E-state index contributed by atoms with van der Waals surface area (Å²) in [5.41, 5.74) is 0.870. The fraction of sp³-hybridized carbons (Fsp3) is 0.222. The van der Waals surface area contributed by atoms with Gasteiger partial charge in [-0.05, 0) is 24.3 Å². The first kappa shape index (κ1) is 17.1. The number of hydrogen-bond donors (Lipinski definition) is 1. The summed E-state index contributed by atoms with van der Waals surface area (Å²) in [6, 6.07) is 12.0. The Morgan fingerprint density at radius 3 is 2.68 bits per heavy atom. The first-order chi connectivity index (χ1) is 12.1. The largest absolute Gasteiger partial charge is 0.486 e. The Hall–Kier alpha value is -2.73. The van der Waals surface area contributed by atoms with Crippen LogP contribution in [-0.2, 0) is 4.79 Å². The lowest BCUT2D eigenvalue weighted by molar-refractivity contribution is -0.116. The molecule has 1 heterocycles. The normalized spacial score (nSPS) is 12.4. The quantitative estimate of drug-likeness (QED) is 0.910. The molecule has 2 aromatic carbocycles. The predicted octanol–water partition coefficient (Wildman–Crippen LogP) is 2.82. The van der Waals surface area contributed by atoms with Crippen molar-refractivity contribution in [3.05, 3.63) is 53.1 Å². The molecule has 0 aliphatic carbocycles. The molecule has 130 valence electrons. The molecule has 0 aromatic heterocycles. The molecule has 0 atom stereocenters. The van der Waals surface area contributed by atoms with E-state index in [0.29, 0.717) is 41.0 Å². The van der Waals surface area contributed by atoms with Gasteiger partial charge in [0.2, 0.25) is 5.91 Å². The molecule has 1 aliphatic heterocycles. The van der Waals surface area contributed by atoms with Gasteiger partial charge in [-0.3, -0.25) is 9.59 Å². The van der Waals surface area contributed by atoms with E-state index in [1.54, 1.807) is 49.5 Å². The molecule has 0 saturated carbocycles. The summed E-state index contributed by atoms with van der Waals surface area (Å²) < 4.78 is 11.0. The molecule has 25 heavy (non-hydrogen) atoms. The summed E-state index contributed by atoms with van der Waals surface area (Å²) in [5, 5.41) is 3.13. The zero-order valence-electron chi connectivity index (χ0n) is 13.6. The maximum absolute atomic E-state index is 12.7. The molecule has 7 heteroatoms. The number of amides is 2. The van der Waals surface area contributed by atoms with Crippen LogP contribution in [0.1, 0.15) is 10.4 Å². The number of likely N-dealkylation sites (N-methyl/N-ethyl adjacent to an activating group) is 1. The van der Waals surface area contributed by atoms with Gasteiger partial charge in [-0.15, -0.1) is 0 Å². The predicted molar refractivity (Wildman–Crippen MR) is 94.5 cm³/mol. The molecule has 1 aliphatic rings. The summed E-state index contributed by atoms with van der Waals surface area (Å²) in [4.78, 5) is 26.2. The third-order valence-electron chi connectivity index (χ3n) is 3.67. The van der Waals surface area contributed by atoms with Gasteiger partial charge < -0.3 is 19.7 Å². The Bertz CT molecular complexity index is 809. The number of fused-ring (bicyclic) bond motifs is 1. The average Bonchev–Trinajstić information content (AvgIpc) is 2.62. The van der Waals surface area contributed by atoms with Crippen molar-refractivity contribution < 1.29 is 19.1 Å². The number of anilines is 1. The highest BCUT2D eigenvalue weighted by Crippen LogP contribution is 2.34. The summed E-state index contributed by atoms with van der Waals surface area (Å²) in [6.45, 7) is 0.712. The van der Waals surface area contributed by atoms with Crippen molar-refractivity contribution in [2.75, 3.05) is 32.1 Å². The first-order valence-corrected chi connectivity index (χ1v) is 8.12. The molecule has 0 spiro atoms. The van der Waals surface area contributed by atoms with E-state index in [1.165, 1.54) is 4.90 Å². The van der Waals surface area contributed by atoms with Gasteiger partial charge >= 0.3 is 0 Å². The fourth-order valence-corrected chi connectivity index (χ4v) is 2.67. The number of hydrogen-bond acceptors (Lipinski definition) is 4. The molecule has 2 amide bonds. The van der Waals surface area contributed by atoms with E-state index in [-0.39, 0.29) is 18.4 Å². The summed E-state index contributed by atoms with van der Waals surface area (Å²) in [5.74, 6) is 0.283. The molecular formula is C18H17ClN2O4. The zero-order valence-corrected chi connectivity index (χ0v) is 14.4. The van der Waals surface area contributed by atoms with Crippen molar-refractivity contribution >= 4 is 29.1 Å². The van der Waals surface area contributed by atoms with Gasteiger partial charge in [0.1, 0.15) is 13.2 Å². The lowest BCUT2D eigenvalue weighted by atomic mass is 10.1. The van der Waals surface area contributed by atoms with Crippen LogP contribution in [0.15, 0.2) is 42.5 Å². The van der Waals surface area contributed by atoms with Gasteiger partial charge in [0.05, 0.1) is 22.8 Å². The second kappa shape index (κ2) is 7.44. The van der Waals surface area contributed by atoms with E-state index in [4.69, 9.17) is 21.1 Å². The zero-order chi connectivity index (χ0) is 17.8. The highest BCUT2D eigenvalue weighted by atomic mass is 35.5. The minimum absolute atomic E-state index is 0.116. The number of rotatable bonds is 4. The maximum Gasteiger partial charge on any atom is 0.257 e. The highest BCUT2D eigenvalue weighted by molar-refractivity contribution is 6.33. The van der Waals surface area contributed by atoms with Crippen molar-refractivity contribution in [1.29, 1.82) is 0 Å². The number of para-hydroxylation sites is 2. The van der Waals surface area contributed by atoms with Crippen LogP contribution >= 0.6 is 11.6 Å². The van der Waals surface area contributed by atoms with Crippen molar-refractivity contribution in [2.24, 2.45) is 0 Å². The number of ether oxygens (including phenoxy) is 2. The van der Waals surface area contributed by atoms with Gasteiger partial charge in [0, 0.05) is 7.05 Å². The van der Waals surface area contributed by atoms with E-state index < -0.39 is 0 Å². The van der Waals surface area contributed by atoms with E-state index in [2.05, 4.69) is 5.32 Å². The van der Waals surface area contributed by atoms with E-state index in [9.17, 15) is 9.59 Å². The summed E-state index contributed by atoms with van der Waals surface area (Å²) >= 11 is 6.02. The van der Waals surface area contributed by atoms with E-state index in [0.717, 1.165) is 0 Å². The van der Waals surface area contributed by atoms with Crippen molar-refractivity contribution in [2.45, 2.75) is 0 Å². The van der Waals surface area contributed by atoms with Crippen LogP contribution in [0.4, 0.5) is 5.69 Å². The molecule has 3 rings (SSSR count). The van der Waals surface area contributed by atoms with Gasteiger partial charge in [-0.2, -0.15) is 0 Å². The van der Waals surface area contributed by atoms with Crippen LogP contribution in [-0.4, -0.2) is 43.5 Å². The van der Waals surface area contributed by atoms with Gasteiger partial charge in [0.25, 0.3) is 5.91 Å². The molecule has 1 N–H and O–H groups in total. The minimum Gasteiger partial charge on any atom is -0.486 e. The Balaban J connectivity index is 1.69. The molecule has 0 fully saturated rings. The van der Waals surface area contributed by atoms with Crippen LogP contribution in [0.2, 0.25) is 5.02 Å². The van der Waals surface area contributed by atoms with E-state index in [1.807, 2.05) is 0 Å². The van der Waals surface area contributed by atoms with Crippen molar-refractivity contribution in [1.82, 2.24) is 4.90 Å². The van der Waals surface area contributed by atoms with Crippen LogP contribution < -0.4 is 14.8 Å². The van der Waals surface area contributed by atoms with E-state index >= 15 is 0 Å². The molecule has 2 aromatic rings. The standard InChI is InChI=1S/C18H17ClN2O4/c1-21(11-16(22)20-14-7-3-2-6-13(14)19)18(23)12-5-4-8-15-17(12)25-10-9-24-15/h2-8H,9-11H2,1H3,(H,20,22). The molecule has 0 saturated heterocycles. The van der Waals surface area contributed by atoms with Crippen molar-refractivity contribution in [3.8, 4) is 11.5 Å². The monoisotopic (exact) mass is 360 g/mol. The fourth-order valence-electron chi connectivity index (χ4n) is 2.49. The van der Waals surface area contributed by atoms with Gasteiger partial charge in [-0.25, -0.2) is 0 Å². The lowest BCUT2D eigenvalue weighted by Crippen LogP contribution is -2.35. The molecule has 0 bridgehead atoms. The second-order valence-electron chi connectivity index (χ2n) is 5.52. The Morgan fingerprint density at radius 1 is 1.12 bits per heavy atom. The van der Waals surface area contributed by atoms with Crippen LogP contribution in [0.5, 0.6) is 11.5 Å². The number of halogens is 1. The summed E-state index contributed by atoms with van der Waals surface area (Å²) in [7, 11) is 1.55. The smallest absolute Gasteiger partial charge is 0.257 e. The SMILES string of the molecule is CN(CC(=O)Nc1ccccc1Cl)C(=O)c1cccc2c1OCCO2. The molecule has 6 nitrogen and oxygen atoms in total. The van der Waals surface area contributed by atoms with Crippen LogP contribution in [0.25, 0.3) is 0 Å². The minimum atomic E-state index is -0.342. The Labute approximate surface area is 150 Å². The topological polar surface area (TPSA) is 67.9 Å². The third kappa shape index (κ3) is 3.85. The molecule has 0 unspecified atom stereocenters. The van der Waals surface area contributed by atoms with Crippen LogP contribution in [0.3, 0.4) is 0 Å². The number of benzene rings is 2. The number of nitrogens with zero attached hydrogens (tertiary/aromatic N) is 1. The number of carbonyl (C=O) groups is 2. The lowest BCUT2D eigenvalue weighted by Gasteiger charge is -2.23. The number of nitrogens with one attached hydrogen (secondary N) is 1. The van der Waals surface area contributed by atoms with Gasteiger partial charge in [-0.1, -0.05) is 29.8 Å². The maximum atomic E-state index is 12.7. The van der Waals surface area contributed by atoms with Crippen molar-refractivity contribution in [3.63, 3.8) is 0 Å². The first-order valence-electron chi connectivity index (χ1n) is 7.74.